The number of carboxylic acid groups (broad SMARTS) is 2. The lowest BCUT2D eigenvalue weighted by molar-refractivity contribution is -0.147. The quantitative estimate of drug-likeness (QED) is 0.333. The highest BCUT2D eigenvalue weighted by Gasteiger charge is 2.18. The van der Waals surface area contributed by atoms with Crippen LogP contribution in [0.5, 0.6) is 0 Å². The van der Waals surface area contributed by atoms with E-state index in [-0.39, 0.29) is 13.0 Å². The molecular formula is C8H14N2O6. The zero-order valence-electron chi connectivity index (χ0n) is 8.42. The summed E-state index contributed by atoms with van der Waals surface area (Å²) in [5.74, 6) is -3.28. The smallest absolute Gasteiger partial charge is 0.332 e. The minimum absolute atomic E-state index is 0.0837. The summed E-state index contributed by atoms with van der Waals surface area (Å²) in [4.78, 5) is 31.5. The van der Waals surface area contributed by atoms with Gasteiger partial charge in [-0.05, 0) is 0 Å². The Kier molecular flexibility index (Phi) is 6.04. The van der Waals surface area contributed by atoms with Gasteiger partial charge in [-0.3, -0.25) is 9.59 Å². The molecule has 0 aromatic heterocycles. The number of rotatable bonds is 7. The summed E-state index contributed by atoms with van der Waals surface area (Å²) >= 11 is 0. The Hall–Kier alpha value is -1.67. The van der Waals surface area contributed by atoms with Crippen molar-refractivity contribution in [2.75, 3.05) is 6.54 Å². The standard InChI is InChI=1S/C8H14N2O6/c9-4(3-6(12)13)7(14)10-2-1-5(11)8(15)16/h4-5,11H,1-3,9H2,(H,10,14)(H,12,13)(H,15,16). The Morgan fingerprint density at radius 3 is 2.25 bits per heavy atom. The fourth-order valence-corrected chi connectivity index (χ4v) is 0.867. The van der Waals surface area contributed by atoms with Crippen LogP contribution in [0.15, 0.2) is 0 Å². The van der Waals surface area contributed by atoms with Crippen LogP contribution in [0.3, 0.4) is 0 Å². The fourth-order valence-electron chi connectivity index (χ4n) is 0.867. The van der Waals surface area contributed by atoms with E-state index in [0.717, 1.165) is 0 Å². The van der Waals surface area contributed by atoms with Crippen LogP contribution in [0.2, 0.25) is 0 Å². The lowest BCUT2D eigenvalue weighted by Crippen LogP contribution is -2.43. The maximum atomic E-state index is 11.1. The van der Waals surface area contributed by atoms with Gasteiger partial charge in [-0.1, -0.05) is 0 Å². The maximum absolute atomic E-state index is 11.1. The number of carbonyl (C=O) groups excluding carboxylic acids is 1. The van der Waals surface area contributed by atoms with Gasteiger partial charge in [0.2, 0.25) is 5.91 Å². The fraction of sp³-hybridized carbons (Fsp3) is 0.625. The number of carbonyl (C=O) groups is 3. The van der Waals surface area contributed by atoms with E-state index >= 15 is 0 Å². The Morgan fingerprint density at radius 1 is 1.25 bits per heavy atom. The summed E-state index contributed by atoms with van der Waals surface area (Å²) in [6.07, 6.45) is -2.23. The second kappa shape index (κ2) is 6.75. The molecule has 1 amide bonds. The van der Waals surface area contributed by atoms with Crippen molar-refractivity contribution in [1.29, 1.82) is 0 Å². The molecule has 0 aliphatic rings. The van der Waals surface area contributed by atoms with E-state index in [1.165, 1.54) is 0 Å². The number of nitrogens with two attached hydrogens (primary N) is 1. The molecule has 6 N–H and O–H groups in total. The van der Waals surface area contributed by atoms with Crippen LogP contribution in [-0.2, 0) is 14.4 Å². The predicted molar refractivity (Wildman–Crippen MR) is 51.5 cm³/mol. The number of hydrogen-bond acceptors (Lipinski definition) is 5. The first kappa shape index (κ1) is 14.3. The highest BCUT2D eigenvalue weighted by molar-refractivity contribution is 5.85. The normalized spacial score (nSPS) is 13.9. The van der Waals surface area contributed by atoms with Gasteiger partial charge in [-0.15, -0.1) is 0 Å². The third kappa shape index (κ3) is 5.94. The van der Waals surface area contributed by atoms with Crippen molar-refractivity contribution >= 4 is 17.8 Å². The van der Waals surface area contributed by atoms with Crippen molar-refractivity contribution < 1.29 is 29.7 Å². The molecule has 0 radical (unpaired) electrons. The van der Waals surface area contributed by atoms with Crippen molar-refractivity contribution in [3.63, 3.8) is 0 Å². The lowest BCUT2D eigenvalue weighted by atomic mass is 10.2. The molecule has 0 spiro atoms. The number of aliphatic carboxylic acids is 2. The Balaban J connectivity index is 3.81. The summed E-state index contributed by atoms with van der Waals surface area (Å²) in [6.45, 7) is -0.0837. The van der Waals surface area contributed by atoms with Gasteiger partial charge in [-0.2, -0.15) is 0 Å². The van der Waals surface area contributed by atoms with Gasteiger partial charge in [0.15, 0.2) is 6.10 Å². The van der Waals surface area contributed by atoms with Crippen LogP contribution in [0, 0.1) is 0 Å². The van der Waals surface area contributed by atoms with Gasteiger partial charge < -0.3 is 26.4 Å². The molecule has 8 heteroatoms. The van der Waals surface area contributed by atoms with Crippen LogP contribution in [0.25, 0.3) is 0 Å². The van der Waals surface area contributed by atoms with E-state index in [2.05, 4.69) is 5.32 Å². The number of aliphatic hydroxyl groups excluding tert-OH is 1. The van der Waals surface area contributed by atoms with Gasteiger partial charge in [0.25, 0.3) is 0 Å². The van der Waals surface area contributed by atoms with Gasteiger partial charge >= 0.3 is 11.9 Å². The molecular weight excluding hydrogens is 220 g/mol. The molecule has 2 unspecified atom stereocenters. The molecule has 0 aromatic rings. The van der Waals surface area contributed by atoms with E-state index in [9.17, 15) is 14.4 Å². The second-order valence-corrected chi connectivity index (χ2v) is 3.14. The zero-order valence-corrected chi connectivity index (χ0v) is 8.42. The molecule has 0 heterocycles. The molecule has 0 bridgehead atoms. The molecule has 0 rings (SSSR count). The highest BCUT2D eigenvalue weighted by atomic mass is 16.4. The Morgan fingerprint density at radius 2 is 1.81 bits per heavy atom. The second-order valence-electron chi connectivity index (χ2n) is 3.14. The summed E-state index contributed by atoms with van der Waals surface area (Å²) in [6, 6.07) is -1.18. The summed E-state index contributed by atoms with van der Waals surface area (Å²) in [5.41, 5.74) is 5.22. The molecule has 0 saturated carbocycles. The topological polar surface area (TPSA) is 150 Å². The molecule has 0 aliphatic carbocycles. The van der Waals surface area contributed by atoms with Crippen LogP contribution < -0.4 is 11.1 Å². The summed E-state index contributed by atoms with van der Waals surface area (Å²) in [5, 5.41) is 27.7. The summed E-state index contributed by atoms with van der Waals surface area (Å²) in [7, 11) is 0. The molecule has 92 valence electrons. The molecule has 2 atom stereocenters. The van der Waals surface area contributed by atoms with Crippen molar-refractivity contribution in [2.24, 2.45) is 5.73 Å². The van der Waals surface area contributed by atoms with E-state index in [1.54, 1.807) is 0 Å². The van der Waals surface area contributed by atoms with E-state index in [0.29, 0.717) is 0 Å². The lowest BCUT2D eigenvalue weighted by Gasteiger charge is -2.10. The van der Waals surface area contributed by atoms with Gasteiger partial charge in [0.05, 0.1) is 12.5 Å². The minimum atomic E-state index is -1.56. The Labute approximate surface area is 91.1 Å². The van der Waals surface area contributed by atoms with E-state index in [4.69, 9.17) is 21.1 Å². The average Bonchev–Trinajstić information content (AvgIpc) is 2.15. The third-order valence-electron chi connectivity index (χ3n) is 1.73. The van der Waals surface area contributed by atoms with Gasteiger partial charge in [0, 0.05) is 13.0 Å². The first-order valence-corrected chi connectivity index (χ1v) is 4.50. The van der Waals surface area contributed by atoms with Crippen LogP contribution in [0.4, 0.5) is 0 Å². The van der Waals surface area contributed by atoms with E-state index in [1.807, 2.05) is 0 Å². The number of hydrogen-bond donors (Lipinski definition) is 5. The zero-order chi connectivity index (χ0) is 12.7. The molecule has 0 aromatic carbocycles. The Bertz CT molecular complexity index is 280. The third-order valence-corrected chi connectivity index (χ3v) is 1.73. The first-order valence-electron chi connectivity index (χ1n) is 4.50. The number of amides is 1. The predicted octanol–water partition coefficient (Wildman–Crippen LogP) is -2.26. The highest BCUT2D eigenvalue weighted by Crippen LogP contribution is 1.92. The van der Waals surface area contributed by atoms with Crippen molar-refractivity contribution in [2.45, 2.75) is 25.0 Å². The molecule has 8 nitrogen and oxygen atoms in total. The van der Waals surface area contributed by atoms with Crippen LogP contribution in [0.1, 0.15) is 12.8 Å². The molecule has 0 saturated heterocycles. The first-order chi connectivity index (χ1) is 7.34. The van der Waals surface area contributed by atoms with Gasteiger partial charge in [0.1, 0.15) is 0 Å². The average molecular weight is 234 g/mol. The SMILES string of the molecule is NC(CC(=O)O)C(=O)NCCC(O)C(=O)O. The van der Waals surface area contributed by atoms with Crippen molar-refractivity contribution in [3.8, 4) is 0 Å². The maximum Gasteiger partial charge on any atom is 0.332 e. The van der Waals surface area contributed by atoms with Crippen molar-refractivity contribution in [3.05, 3.63) is 0 Å². The van der Waals surface area contributed by atoms with Crippen molar-refractivity contribution in [1.82, 2.24) is 5.32 Å². The number of nitrogens with one attached hydrogen (secondary N) is 1. The van der Waals surface area contributed by atoms with E-state index < -0.39 is 36.4 Å². The number of carboxylic acids is 2. The van der Waals surface area contributed by atoms with Gasteiger partial charge in [-0.25, -0.2) is 4.79 Å². The monoisotopic (exact) mass is 234 g/mol. The summed E-state index contributed by atoms with van der Waals surface area (Å²) < 4.78 is 0. The molecule has 16 heavy (non-hydrogen) atoms. The van der Waals surface area contributed by atoms with Crippen LogP contribution >= 0.6 is 0 Å². The van der Waals surface area contributed by atoms with Crippen LogP contribution in [-0.4, -0.2) is 51.9 Å². The number of aliphatic hydroxyl groups is 1. The molecule has 0 fully saturated rings. The largest absolute Gasteiger partial charge is 0.481 e. The molecule has 0 aliphatic heterocycles. The minimum Gasteiger partial charge on any atom is -0.481 e.